The summed E-state index contributed by atoms with van der Waals surface area (Å²) in [7, 11) is 0. The number of nitrogens with one attached hydrogen (secondary N) is 1. The van der Waals surface area contributed by atoms with E-state index in [0.717, 1.165) is 23.8 Å². The van der Waals surface area contributed by atoms with Crippen LogP contribution >= 0.6 is 0 Å². The molecule has 1 aliphatic carbocycles. The third kappa shape index (κ3) is 3.23. The first-order valence-electron chi connectivity index (χ1n) is 7.55. The van der Waals surface area contributed by atoms with Crippen molar-refractivity contribution in [3.05, 3.63) is 0 Å². The molecule has 0 aromatic heterocycles. The molecule has 0 radical (unpaired) electrons. The Labute approximate surface area is 107 Å². The molecule has 2 heteroatoms. The van der Waals surface area contributed by atoms with Gasteiger partial charge in [-0.1, -0.05) is 27.7 Å². The molecule has 4 atom stereocenters. The molecule has 2 nitrogen and oxygen atoms in total. The van der Waals surface area contributed by atoms with Crippen LogP contribution in [0.1, 0.15) is 47.0 Å². The second kappa shape index (κ2) is 5.71. The summed E-state index contributed by atoms with van der Waals surface area (Å²) >= 11 is 0. The van der Waals surface area contributed by atoms with Crippen molar-refractivity contribution in [1.29, 1.82) is 0 Å². The molecule has 17 heavy (non-hydrogen) atoms. The summed E-state index contributed by atoms with van der Waals surface area (Å²) in [4.78, 5) is 2.78. The van der Waals surface area contributed by atoms with Gasteiger partial charge in [0.05, 0.1) is 0 Å². The van der Waals surface area contributed by atoms with Crippen LogP contribution in [0, 0.1) is 17.8 Å². The molecule has 0 aromatic rings. The average Bonchev–Trinajstić information content (AvgIpc) is 2.85. The zero-order valence-electron chi connectivity index (χ0n) is 12.1. The fraction of sp³-hybridized carbons (Fsp3) is 1.00. The van der Waals surface area contributed by atoms with Gasteiger partial charge >= 0.3 is 0 Å². The maximum absolute atomic E-state index is 3.59. The molecule has 1 aliphatic heterocycles. The normalized spacial score (nSPS) is 39.4. The number of hydrogen-bond donors (Lipinski definition) is 1. The fourth-order valence-electron chi connectivity index (χ4n) is 3.59. The van der Waals surface area contributed by atoms with Crippen LogP contribution in [0.4, 0.5) is 0 Å². The summed E-state index contributed by atoms with van der Waals surface area (Å²) in [5, 5.41) is 3.59. The van der Waals surface area contributed by atoms with Crippen LogP contribution in [-0.4, -0.2) is 36.6 Å². The summed E-state index contributed by atoms with van der Waals surface area (Å²) in [5.74, 6) is 2.74. The Balaban J connectivity index is 1.78. The van der Waals surface area contributed by atoms with Gasteiger partial charge in [0.15, 0.2) is 0 Å². The Kier molecular flexibility index (Phi) is 4.48. The predicted octanol–water partition coefficient (Wildman–Crippen LogP) is 2.74. The van der Waals surface area contributed by atoms with Gasteiger partial charge in [0, 0.05) is 18.6 Å². The maximum Gasteiger partial charge on any atom is 0.0124 e. The highest BCUT2D eigenvalue weighted by Gasteiger charge is 2.36. The van der Waals surface area contributed by atoms with E-state index in [2.05, 4.69) is 37.9 Å². The molecule has 2 aliphatic rings. The van der Waals surface area contributed by atoms with Gasteiger partial charge in [0.25, 0.3) is 0 Å². The van der Waals surface area contributed by atoms with E-state index in [4.69, 9.17) is 0 Å². The van der Waals surface area contributed by atoms with E-state index in [1.165, 1.54) is 38.9 Å². The minimum atomic E-state index is 0.634. The van der Waals surface area contributed by atoms with E-state index in [1.54, 1.807) is 0 Å². The van der Waals surface area contributed by atoms with Crippen molar-refractivity contribution in [3.63, 3.8) is 0 Å². The van der Waals surface area contributed by atoms with Gasteiger partial charge in [0.2, 0.25) is 0 Å². The topological polar surface area (TPSA) is 15.3 Å². The summed E-state index contributed by atoms with van der Waals surface area (Å²) in [6.45, 7) is 13.3. The zero-order valence-corrected chi connectivity index (χ0v) is 12.1. The fourth-order valence-corrected chi connectivity index (χ4v) is 3.59. The molecular weight excluding hydrogens is 208 g/mol. The highest BCUT2D eigenvalue weighted by atomic mass is 15.2. The third-order valence-corrected chi connectivity index (χ3v) is 5.02. The second-order valence-corrected chi connectivity index (χ2v) is 6.69. The van der Waals surface area contributed by atoms with E-state index in [9.17, 15) is 0 Å². The van der Waals surface area contributed by atoms with Crippen molar-refractivity contribution < 1.29 is 0 Å². The molecule has 100 valence electrons. The molecule has 0 amide bonds. The largest absolute Gasteiger partial charge is 0.314 e. The van der Waals surface area contributed by atoms with Crippen LogP contribution in [0.2, 0.25) is 0 Å². The van der Waals surface area contributed by atoms with Gasteiger partial charge in [-0.2, -0.15) is 0 Å². The SMILES string of the molecule is CC(C)NCC1CCN(C2CCC(C)C2C)C1. The maximum atomic E-state index is 3.59. The van der Waals surface area contributed by atoms with Crippen LogP contribution < -0.4 is 5.32 Å². The molecule has 1 N–H and O–H groups in total. The quantitative estimate of drug-likeness (QED) is 0.810. The van der Waals surface area contributed by atoms with Crippen LogP contribution in [-0.2, 0) is 0 Å². The Hall–Kier alpha value is -0.0800. The lowest BCUT2D eigenvalue weighted by Gasteiger charge is -2.29. The van der Waals surface area contributed by atoms with Crippen molar-refractivity contribution in [2.45, 2.75) is 59.0 Å². The van der Waals surface area contributed by atoms with E-state index < -0.39 is 0 Å². The predicted molar refractivity (Wildman–Crippen MR) is 74.2 cm³/mol. The first kappa shape index (κ1) is 13.4. The molecule has 0 bridgehead atoms. The van der Waals surface area contributed by atoms with Gasteiger partial charge in [-0.25, -0.2) is 0 Å². The Morgan fingerprint density at radius 2 is 1.94 bits per heavy atom. The van der Waals surface area contributed by atoms with Crippen molar-refractivity contribution in [2.24, 2.45) is 17.8 Å². The number of hydrogen-bond acceptors (Lipinski definition) is 2. The van der Waals surface area contributed by atoms with Gasteiger partial charge in [-0.15, -0.1) is 0 Å². The van der Waals surface area contributed by atoms with Crippen molar-refractivity contribution >= 4 is 0 Å². The molecular formula is C15H30N2. The van der Waals surface area contributed by atoms with Crippen LogP contribution in [0.25, 0.3) is 0 Å². The van der Waals surface area contributed by atoms with E-state index in [0.29, 0.717) is 6.04 Å². The molecule has 2 rings (SSSR count). The number of rotatable bonds is 4. The third-order valence-electron chi connectivity index (χ3n) is 5.02. The lowest BCUT2D eigenvalue weighted by molar-refractivity contribution is 0.185. The van der Waals surface area contributed by atoms with Crippen molar-refractivity contribution in [1.82, 2.24) is 10.2 Å². The highest BCUT2D eigenvalue weighted by Crippen LogP contribution is 2.36. The molecule has 2 fully saturated rings. The number of nitrogens with zero attached hydrogens (tertiary/aromatic N) is 1. The minimum Gasteiger partial charge on any atom is -0.314 e. The highest BCUT2D eigenvalue weighted by molar-refractivity contribution is 4.91. The first-order valence-corrected chi connectivity index (χ1v) is 7.55. The van der Waals surface area contributed by atoms with Crippen LogP contribution in [0.3, 0.4) is 0 Å². The zero-order chi connectivity index (χ0) is 12.4. The van der Waals surface area contributed by atoms with E-state index in [1.807, 2.05) is 0 Å². The van der Waals surface area contributed by atoms with Gasteiger partial charge < -0.3 is 5.32 Å². The second-order valence-electron chi connectivity index (χ2n) is 6.69. The standard InChI is InChI=1S/C15H30N2/c1-11(2)16-9-14-7-8-17(10-14)15-6-5-12(3)13(15)4/h11-16H,5-10H2,1-4H3. The minimum absolute atomic E-state index is 0.634. The molecule has 1 saturated carbocycles. The van der Waals surface area contributed by atoms with Crippen molar-refractivity contribution in [3.8, 4) is 0 Å². The molecule has 0 spiro atoms. The summed E-state index contributed by atoms with van der Waals surface area (Å²) in [5.41, 5.74) is 0. The summed E-state index contributed by atoms with van der Waals surface area (Å²) < 4.78 is 0. The molecule has 4 unspecified atom stereocenters. The first-order chi connectivity index (χ1) is 8.08. The van der Waals surface area contributed by atoms with Gasteiger partial charge in [0.1, 0.15) is 0 Å². The lowest BCUT2D eigenvalue weighted by atomic mass is 9.97. The van der Waals surface area contributed by atoms with Crippen LogP contribution in [0.5, 0.6) is 0 Å². The Bertz CT molecular complexity index is 239. The van der Waals surface area contributed by atoms with Crippen LogP contribution in [0.15, 0.2) is 0 Å². The Morgan fingerprint density at radius 3 is 2.53 bits per heavy atom. The van der Waals surface area contributed by atoms with E-state index >= 15 is 0 Å². The molecule has 0 aromatic carbocycles. The monoisotopic (exact) mass is 238 g/mol. The summed E-state index contributed by atoms with van der Waals surface area (Å²) in [6, 6.07) is 1.52. The van der Waals surface area contributed by atoms with Gasteiger partial charge in [-0.3, -0.25) is 4.90 Å². The van der Waals surface area contributed by atoms with Gasteiger partial charge in [-0.05, 0) is 50.1 Å². The average molecular weight is 238 g/mol. The smallest absolute Gasteiger partial charge is 0.0124 e. The molecule has 1 saturated heterocycles. The lowest BCUT2D eigenvalue weighted by Crippen LogP contribution is -2.37. The van der Waals surface area contributed by atoms with E-state index in [-0.39, 0.29) is 0 Å². The Morgan fingerprint density at radius 1 is 1.18 bits per heavy atom. The van der Waals surface area contributed by atoms with Crippen molar-refractivity contribution in [2.75, 3.05) is 19.6 Å². The number of likely N-dealkylation sites (tertiary alicyclic amines) is 1. The molecule has 1 heterocycles. The summed E-state index contributed by atoms with van der Waals surface area (Å²) in [6.07, 6.45) is 4.28.